The van der Waals surface area contributed by atoms with E-state index >= 15 is 0 Å². The van der Waals surface area contributed by atoms with Crippen LogP contribution in [0.5, 0.6) is 23.0 Å². The molecule has 0 atom stereocenters. The minimum absolute atomic E-state index is 0.224. The monoisotopic (exact) mass is 505 g/mol. The molecule has 0 aromatic heterocycles. The first kappa shape index (κ1) is 26.7. The van der Waals surface area contributed by atoms with E-state index in [0.29, 0.717) is 39.8 Å². The fourth-order valence-corrected chi connectivity index (χ4v) is 3.24. The third kappa shape index (κ3) is 6.85. The summed E-state index contributed by atoms with van der Waals surface area (Å²) in [6, 6.07) is 16.6. The number of nitrogens with zero attached hydrogens (tertiary/aromatic N) is 1. The number of benzene rings is 3. The number of amides is 2. The van der Waals surface area contributed by atoms with Crippen molar-refractivity contribution in [3.8, 4) is 23.0 Å². The van der Waals surface area contributed by atoms with Crippen LogP contribution in [-0.2, 0) is 9.59 Å². The van der Waals surface area contributed by atoms with Gasteiger partial charge in [-0.25, -0.2) is 10.2 Å². The van der Waals surface area contributed by atoms with E-state index in [1.54, 1.807) is 61.5 Å². The molecule has 37 heavy (non-hydrogen) atoms. The number of methoxy groups -OCH3 is 3. The molecule has 0 fully saturated rings. The Balaban J connectivity index is 1.67. The van der Waals surface area contributed by atoms with Gasteiger partial charge in [-0.05, 0) is 56.3 Å². The first-order chi connectivity index (χ1) is 17.7. The lowest BCUT2D eigenvalue weighted by molar-refractivity contribution is -0.136. The van der Waals surface area contributed by atoms with Gasteiger partial charge in [0.1, 0.15) is 11.5 Å². The van der Waals surface area contributed by atoms with Gasteiger partial charge in [-0.15, -0.1) is 0 Å². The van der Waals surface area contributed by atoms with Crippen molar-refractivity contribution in [1.29, 1.82) is 0 Å². The van der Waals surface area contributed by atoms with Crippen molar-refractivity contribution < 1.29 is 33.3 Å². The van der Waals surface area contributed by atoms with Gasteiger partial charge in [-0.2, -0.15) is 5.10 Å². The Labute approximate surface area is 214 Å². The van der Waals surface area contributed by atoms with Crippen LogP contribution in [0.2, 0.25) is 0 Å². The molecule has 0 aliphatic rings. The second kappa shape index (κ2) is 12.2. The summed E-state index contributed by atoms with van der Waals surface area (Å²) in [5, 5.41) is 6.46. The molecule has 0 bridgehead atoms. The minimum atomic E-state index is -0.979. The Bertz CT molecular complexity index is 1350. The highest BCUT2D eigenvalue weighted by atomic mass is 16.6. The predicted molar refractivity (Wildman–Crippen MR) is 138 cm³/mol. The molecule has 0 unspecified atom stereocenters. The summed E-state index contributed by atoms with van der Waals surface area (Å²) < 4.78 is 21.2. The number of hydrogen-bond acceptors (Lipinski definition) is 8. The quantitative estimate of drug-likeness (QED) is 0.157. The molecule has 0 saturated heterocycles. The number of ether oxygens (including phenoxy) is 4. The number of nitrogens with one attached hydrogen (secondary N) is 2. The standard InChI is InChI=1S/C27H27N3O7/c1-16-7-6-8-19(13-16)27(33)37-22-12-9-18(14-24(22)36-5)17(2)29-30-26(32)25(31)28-21-11-10-20(34-3)15-23(21)35-4/h6-15H,1-5H3,(H,28,31)(H,30,32)/b29-17+. The Kier molecular flexibility index (Phi) is 8.82. The van der Waals surface area contributed by atoms with Crippen molar-refractivity contribution in [3.63, 3.8) is 0 Å². The summed E-state index contributed by atoms with van der Waals surface area (Å²) in [5.41, 5.74) is 4.82. The second-order valence-electron chi connectivity index (χ2n) is 7.78. The van der Waals surface area contributed by atoms with Crippen molar-refractivity contribution in [2.24, 2.45) is 5.10 Å². The van der Waals surface area contributed by atoms with Crippen molar-refractivity contribution in [2.45, 2.75) is 13.8 Å². The topological polar surface area (TPSA) is 125 Å². The van der Waals surface area contributed by atoms with Crippen LogP contribution in [0.15, 0.2) is 65.8 Å². The smallest absolute Gasteiger partial charge is 0.343 e. The van der Waals surface area contributed by atoms with E-state index in [1.807, 2.05) is 13.0 Å². The van der Waals surface area contributed by atoms with E-state index in [9.17, 15) is 14.4 Å². The summed E-state index contributed by atoms with van der Waals surface area (Å²) in [5.74, 6) is -1.05. The van der Waals surface area contributed by atoms with Crippen LogP contribution in [-0.4, -0.2) is 44.8 Å². The van der Waals surface area contributed by atoms with E-state index in [2.05, 4.69) is 15.8 Å². The van der Waals surface area contributed by atoms with Crippen molar-refractivity contribution in [1.82, 2.24) is 5.43 Å². The molecule has 0 aliphatic heterocycles. The third-order valence-corrected chi connectivity index (χ3v) is 5.23. The third-order valence-electron chi connectivity index (χ3n) is 5.23. The molecular weight excluding hydrogens is 478 g/mol. The first-order valence-electron chi connectivity index (χ1n) is 11.1. The van der Waals surface area contributed by atoms with Gasteiger partial charge in [0.05, 0.1) is 38.3 Å². The van der Waals surface area contributed by atoms with Crippen LogP contribution in [0.25, 0.3) is 0 Å². The highest BCUT2D eigenvalue weighted by Gasteiger charge is 2.17. The minimum Gasteiger partial charge on any atom is -0.497 e. The first-order valence-corrected chi connectivity index (χ1v) is 11.1. The van der Waals surface area contributed by atoms with E-state index in [4.69, 9.17) is 18.9 Å². The average molecular weight is 506 g/mol. The van der Waals surface area contributed by atoms with Crippen molar-refractivity contribution >= 4 is 29.2 Å². The van der Waals surface area contributed by atoms with Gasteiger partial charge < -0.3 is 24.3 Å². The molecule has 2 amide bonds. The van der Waals surface area contributed by atoms with Crippen LogP contribution in [0.4, 0.5) is 5.69 Å². The van der Waals surface area contributed by atoms with Gasteiger partial charge in [-0.3, -0.25) is 9.59 Å². The molecule has 0 heterocycles. The van der Waals surface area contributed by atoms with E-state index < -0.39 is 17.8 Å². The predicted octanol–water partition coefficient (Wildman–Crippen LogP) is 3.72. The number of hydrogen-bond donors (Lipinski definition) is 2. The summed E-state index contributed by atoms with van der Waals surface area (Å²) >= 11 is 0. The lowest BCUT2D eigenvalue weighted by Crippen LogP contribution is -2.33. The molecule has 0 saturated carbocycles. The Hall–Kier alpha value is -4.86. The number of rotatable bonds is 8. The highest BCUT2D eigenvalue weighted by Crippen LogP contribution is 2.30. The SMILES string of the molecule is COc1ccc(NC(=O)C(=O)N/N=C(\C)c2ccc(OC(=O)c3cccc(C)c3)c(OC)c2)c(OC)c1. The summed E-state index contributed by atoms with van der Waals surface area (Å²) in [6.07, 6.45) is 0. The van der Waals surface area contributed by atoms with Gasteiger partial charge >= 0.3 is 17.8 Å². The van der Waals surface area contributed by atoms with Gasteiger partial charge in [0.15, 0.2) is 11.5 Å². The fraction of sp³-hybridized carbons (Fsp3) is 0.185. The average Bonchev–Trinajstić information content (AvgIpc) is 2.91. The van der Waals surface area contributed by atoms with Crippen LogP contribution in [0.3, 0.4) is 0 Å². The number of anilines is 1. The molecule has 10 nitrogen and oxygen atoms in total. The Morgan fingerprint density at radius 1 is 0.757 bits per heavy atom. The maximum absolute atomic E-state index is 12.5. The van der Waals surface area contributed by atoms with Gasteiger partial charge in [-0.1, -0.05) is 17.7 Å². The molecule has 192 valence electrons. The molecule has 3 aromatic carbocycles. The van der Waals surface area contributed by atoms with E-state index in [1.165, 1.54) is 21.3 Å². The Morgan fingerprint density at radius 2 is 1.51 bits per heavy atom. The number of esters is 1. The molecule has 0 aliphatic carbocycles. The zero-order valence-corrected chi connectivity index (χ0v) is 21.1. The molecule has 10 heteroatoms. The number of hydrazone groups is 1. The van der Waals surface area contributed by atoms with E-state index in [-0.39, 0.29) is 5.75 Å². The Morgan fingerprint density at radius 3 is 2.19 bits per heavy atom. The van der Waals surface area contributed by atoms with Gasteiger partial charge in [0.2, 0.25) is 0 Å². The molecular formula is C27H27N3O7. The normalized spacial score (nSPS) is 10.8. The maximum Gasteiger partial charge on any atom is 0.343 e. The maximum atomic E-state index is 12.5. The fourth-order valence-electron chi connectivity index (χ4n) is 3.24. The zero-order valence-electron chi connectivity index (χ0n) is 21.1. The van der Waals surface area contributed by atoms with Crippen molar-refractivity contribution in [2.75, 3.05) is 26.6 Å². The second-order valence-corrected chi connectivity index (χ2v) is 7.78. The number of carbonyl (C=O) groups excluding carboxylic acids is 3. The van der Waals surface area contributed by atoms with Crippen LogP contribution in [0.1, 0.15) is 28.4 Å². The zero-order chi connectivity index (χ0) is 26.9. The van der Waals surface area contributed by atoms with E-state index in [0.717, 1.165) is 5.56 Å². The van der Waals surface area contributed by atoms with Gasteiger partial charge in [0, 0.05) is 11.6 Å². The molecule has 0 radical (unpaired) electrons. The largest absolute Gasteiger partial charge is 0.497 e. The number of aryl methyl sites for hydroxylation is 1. The van der Waals surface area contributed by atoms with Crippen LogP contribution < -0.4 is 29.7 Å². The highest BCUT2D eigenvalue weighted by molar-refractivity contribution is 6.39. The van der Waals surface area contributed by atoms with Crippen LogP contribution >= 0.6 is 0 Å². The molecule has 3 rings (SSSR count). The molecule has 0 spiro atoms. The van der Waals surface area contributed by atoms with Gasteiger partial charge in [0.25, 0.3) is 0 Å². The summed E-state index contributed by atoms with van der Waals surface area (Å²) in [4.78, 5) is 37.1. The summed E-state index contributed by atoms with van der Waals surface area (Å²) in [6.45, 7) is 3.52. The molecule has 3 aromatic rings. The molecule has 2 N–H and O–H groups in total. The number of carbonyl (C=O) groups is 3. The van der Waals surface area contributed by atoms with Crippen LogP contribution in [0, 0.1) is 6.92 Å². The lowest BCUT2D eigenvalue weighted by atomic mass is 10.1. The summed E-state index contributed by atoms with van der Waals surface area (Å²) in [7, 11) is 4.37. The lowest BCUT2D eigenvalue weighted by Gasteiger charge is -2.12. The van der Waals surface area contributed by atoms with Crippen molar-refractivity contribution in [3.05, 3.63) is 77.4 Å².